The summed E-state index contributed by atoms with van der Waals surface area (Å²) in [5.41, 5.74) is 2.09. The molecule has 2 aromatic rings. The molecule has 0 unspecified atom stereocenters. The molecule has 1 atom stereocenters. The number of hydrogen-bond donors (Lipinski definition) is 1. The van der Waals surface area contributed by atoms with Gasteiger partial charge >= 0.3 is 0 Å². The maximum atomic E-state index is 12.4. The molecule has 0 heterocycles. The highest BCUT2D eigenvalue weighted by atomic mass is 79.9. The summed E-state index contributed by atoms with van der Waals surface area (Å²) in [5.74, 6) is 0. The van der Waals surface area contributed by atoms with E-state index < -0.39 is 10.0 Å². The molecular formula is C19H24BrNO3S. The van der Waals surface area contributed by atoms with Crippen molar-refractivity contribution in [1.29, 1.82) is 0 Å². The van der Waals surface area contributed by atoms with E-state index in [-0.39, 0.29) is 11.0 Å². The fraction of sp³-hybridized carbons (Fsp3) is 0.368. The van der Waals surface area contributed by atoms with Gasteiger partial charge in [0.05, 0.1) is 11.0 Å². The van der Waals surface area contributed by atoms with E-state index in [1.54, 1.807) is 24.3 Å². The van der Waals surface area contributed by atoms with Crippen LogP contribution in [0.3, 0.4) is 0 Å². The molecule has 0 radical (unpaired) electrons. The van der Waals surface area contributed by atoms with Crippen molar-refractivity contribution >= 4 is 26.0 Å². The van der Waals surface area contributed by atoms with Crippen molar-refractivity contribution in [2.75, 3.05) is 18.5 Å². The van der Waals surface area contributed by atoms with Crippen LogP contribution in [0, 0.1) is 6.92 Å². The number of ether oxygens (including phenoxy) is 1. The van der Waals surface area contributed by atoms with Gasteiger partial charge in [-0.15, -0.1) is 0 Å². The van der Waals surface area contributed by atoms with Crippen molar-refractivity contribution in [3.8, 4) is 0 Å². The molecule has 0 spiro atoms. The lowest BCUT2D eigenvalue weighted by molar-refractivity contribution is 0.0487. The van der Waals surface area contributed by atoms with Crippen molar-refractivity contribution in [2.45, 2.75) is 30.8 Å². The standard InChI is InChI=1S/C19H24BrNO3S/c1-16-8-10-18(11-9-16)25(22,23)21-14-12-19(24-15-5-13-20)17-6-3-2-4-7-17/h2-4,6-11,19,21H,5,12-15H2,1H3/t19-/m1/s1. The zero-order chi connectivity index (χ0) is 18.1. The Kier molecular flexibility index (Phi) is 8.09. The minimum Gasteiger partial charge on any atom is -0.373 e. The van der Waals surface area contributed by atoms with Gasteiger partial charge in [-0.3, -0.25) is 0 Å². The summed E-state index contributed by atoms with van der Waals surface area (Å²) in [7, 11) is -3.49. The molecule has 2 aromatic carbocycles. The van der Waals surface area contributed by atoms with Crippen molar-refractivity contribution < 1.29 is 13.2 Å². The van der Waals surface area contributed by atoms with Gasteiger partial charge in [-0.1, -0.05) is 64.0 Å². The van der Waals surface area contributed by atoms with Gasteiger partial charge in [0.15, 0.2) is 0 Å². The second-order valence-electron chi connectivity index (χ2n) is 5.81. The van der Waals surface area contributed by atoms with Gasteiger partial charge in [-0.05, 0) is 37.5 Å². The molecule has 0 saturated heterocycles. The number of rotatable bonds is 10. The summed E-state index contributed by atoms with van der Waals surface area (Å²) in [6.07, 6.45) is 1.37. The molecule has 0 fully saturated rings. The van der Waals surface area contributed by atoms with Crippen molar-refractivity contribution in [1.82, 2.24) is 4.72 Å². The lowest BCUT2D eigenvalue weighted by Gasteiger charge is -2.18. The fourth-order valence-corrected chi connectivity index (χ4v) is 3.70. The first-order valence-electron chi connectivity index (χ1n) is 8.32. The Labute approximate surface area is 158 Å². The molecule has 6 heteroatoms. The second-order valence-corrected chi connectivity index (χ2v) is 8.37. The van der Waals surface area contributed by atoms with Crippen LogP contribution in [0.2, 0.25) is 0 Å². The van der Waals surface area contributed by atoms with E-state index in [0.717, 1.165) is 22.9 Å². The van der Waals surface area contributed by atoms with Crippen LogP contribution in [-0.4, -0.2) is 26.9 Å². The Morgan fingerprint density at radius 2 is 1.76 bits per heavy atom. The first kappa shape index (κ1) is 20.1. The lowest BCUT2D eigenvalue weighted by Crippen LogP contribution is -2.26. The third kappa shape index (κ3) is 6.55. The molecule has 0 aliphatic carbocycles. The molecule has 0 amide bonds. The number of aryl methyl sites for hydroxylation is 1. The highest BCUT2D eigenvalue weighted by Crippen LogP contribution is 2.21. The molecule has 0 aliphatic heterocycles. The molecular weight excluding hydrogens is 402 g/mol. The molecule has 136 valence electrons. The van der Waals surface area contributed by atoms with E-state index in [1.807, 2.05) is 37.3 Å². The van der Waals surface area contributed by atoms with Gasteiger partial charge in [0.2, 0.25) is 10.0 Å². The molecule has 0 bridgehead atoms. The van der Waals surface area contributed by atoms with E-state index in [0.29, 0.717) is 19.6 Å². The zero-order valence-electron chi connectivity index (χ0n) is 14.3. The predicted molar refractivity (Wildman–Crippen MR) is 105 cm³/mol. The minimum atomic E-state index is -3.49. The third-order valence-corrected chi connectivity index (χ3v) is 5.84. The third-order valence-electron chi connectivity index (χ3n) is 3.80. The van der Waals surface area contributed by atoms with Crippen LogP contribution in [0.25, 0.3) is 0 Å². The Bertz CT molecular complexity index is 733. The maximum absolute atomic E-state index is 12.4. The normalized spacial score (nSPS) is 12.9. The van der Waals surface area contributed by atoms with Crippen LogP contribution in [0.1, 0.15) is 30.1 Å². The lowest BCUT2D eigenvalue weighted by atomic mass is 10.1. The van der Waals surface area contributed by atoms with Crippen molar-refractivity contribution in [3.63, 3.8) is 0 Å². The number of hydrogen-bond acceptors (Lipinski definition) is 3. The monoisotopic (exact) mass is 425 g/mol. The Balaban J connectivity index is 1.96. The second kappa shape index (κ2) is 10.1. The fourth-order valence-electron chi connectivity index (χ4n) is 2.42. The van der Waals surface area contributed by atoms with E-state index in [2.05, 4.69) is 20.7 Å². The van der Waals surface area contributed by atoms with Crippen molar-refractivity contribution in [3.05, 3.63) is 65.7 Å². The van der Waals surface area contributed by atoms with Gasteiger partial charge in [0.25, 0.3) is 0 Å². The quantitative estimate of drug-likeness (QED) is 0.458. The molecule has 0 saturated carbocycles. The van der Waals surface area contributed by atoms with Gasteiger partial charge in [0, 0.05) is 18.5 Å². The van der Waals surface area contributed by atoms with Gasteiger partial charge in [-0.25, -0.2) is 13.1 Å². The summed E-state index contributed by atoms with van der Waals surface area (Å²) >= 11 is 3.39. The van der Waals surface area contributed by atoms with E-state index in [9.17, 15) is 8.42 Å². The van der Waals surface area contributed by atoms with Crippen LogP contribution in [0.15, 0.2) is 59.5 Å². The van der Waals surface area contributed by atoms with E-state index in [1.165, 1.54) is 0 Å². The molecule has 2 rings (SSSR count). The van der Waals surface area contributed by atoms with E-state index in [4.69, 9.17) is 4.74 Å². The van der Waals surface area contributed by atoms with Gasteiger partial charge in [0.1, 0.15) is 0 Å². The summed E-state index contributed by atoms with van der Waals surface area (Å²) in [6.45, 7) is 2.89. The highest BCUT2D eigenvalue weighted by Gasteiger charge is 2.16. The van der Waals surface area contributed by atoms with Crippen LogP contribution < -0.4 is 4.72 Å². The average molecular weight is 426 g/mol. The van der Waals surface area contributed by atoms with Crippen molar-refractivity contribution in [2.24, 2.45) is 0 Å². The average Bonchev–Trinajstić information content (AvgIpc) is 2.61. The maximum Gasteiger partial charge on any atom is 0.240 e. The summed E-state index contributed by atoms with van der Waals surface area (Å²) in [4.78, 5) is 0.287. The number of halogens is 1. The molecule has 0 aromatic heterocycles. The molecule has 1 N–H and O–H groups in total. The number of alkyl halides is 1. The highest BCUT2D eigenvalue weighted by molar-refractivity contribution is 9.09. The minimum absolute atomic E-state index is 0.124. The smallest absolute Gasteiger partial charge is 0.240 e. The largest absolute Gasteiger partial charge is 0.373 e. The van der Waals surface area contributed by atoms with Crippen LogP contribution in [0.5, 0.6) is 0 Å². The number of benzene rings is 2. The Morgan fingerprint density at radius 3 is 2.40 bits per heavy atom. The molecule has 4 nitrogen and oxygen atoms in total. The first-order valence-corrected chi connectivity index (χ1v) is 10.9. The Morgan fingerprint density at radius 1 is 1.08 bits per heavy atom. The summed E-state index contributed by atoms with van der Waals surface area (Å²) < 4.78 is 33.3. The predicted octanol–water partition coefficient (Wildman–Crippen LogP) is 4.21. The van der Waals surface area contributed by atoms with Gasteiger partial charge < -0.3 is 4.74 Å². The van der Waals surface area contributed by atoms with Crippen LogP contribution in [-0.2, 0) is 14.8 Å². The Hall–Kier alpha value is -1.21. The van der Waals surface area contributed by atoms with E-state index >= 15 is 0 Å². The SMILES string of the molecule is Cc1ccc(S(=O)(=O)NCC[C@@H](OCCCBr)c2ccccc2)cc1. The van der Waals surface area contributed by atoms with Crippen LogP contribution >= 0.6 is 15.9 Å². The molecule has 25 heavy (non-hydrogen) atoms. The topological polar surface area (TPSA) is 55.4 Å². The molecule has 0 aliphatic rings. The summed E-state index contributed by atoms with van der Waals surface area (Å²) in [6, 6.07) is 16.7. The number of nitrogens with one attached hydrogen (secondary N) is 1. The summed E-state index contributed by atoms with van der Waals surface area (Å²) in [5, 5.41) is 0.883. The zero-order valence-corrected chi connectivity index (χ0v) is 16.7. The number of sulfonamides is 1. The van der Waals surface area contributed by atoms with Gasteiger partial charge in [-0.2, -0.15) is 0 Å². The van der Waals surface area contributed by atoms with Crippen LogP contribution in [0.4, 0.5) is 0 Å². The first-order chi connectivity index (χ1) is 12.0.